The van der Waals surface area contributed by atoms with Crippen LogP contribution in [0.25, 0.3) is 0 Å². The van der Waals surface area contributed by atoms with Crippen molar-refractivity contribution in [3.8, 4) is 0 Å². The zero-order valence-corrected chi connectivity index (χ0v) is 13.1. The molecule has 1 fully saturated rings. The first-order chi connectivity index (χ1) is 8.47. The monoisotopic (exact) mass is 255 g/mol. The first-order valence-corrected chi connectivity index (χ1v) is 7.85. The third-order valence-corrected chi connectivity index (χ3v) is 3.73. The lowest BCUT2D eigenvalue weighted by molar-refractivity contribution is -0.0401. The van der Waals surface area contributed by atoms with Gasteiger partial charge < -0.3 is 9.64 Å². The summed E-state index contributed by atoms with van der Waals surface area (Å²) in [6.07, 6.45) is 5.89. The van der Waals surface area contributed by atoms with E-state index in [4.69, 9.17) is 4.74 Å². The smallest absolute Gasteiger partial charge is 0.0603 e. The van der Waals surface area contributed by atoms with E-state index < -0.39 is 0 Å². The Bertz CT molecular complexity index is 207. The fraction of sp³-hybridized carbons (Fsp3) is 1.00. The van der Waals surface area contributed by atoms with Crippen molar-refractivity contribution in [2.45, 2.75) is 72.5 Å². The van der Waals surface area contributed by atoms with Gasteiger partial charge in [0.2, 0.25) is 0 Å². The molecule has 0 bridgehead atoms. The second-order valence-electron chi connectivity index (χ2n) is 6.81. The van der Waals surface area contributed by atoms with Gasteiger partial charge in [-0.2, -0.15) is 0 Å². The molecule has 0 spiro atoms. The van der Waals surface area contributed by atoms with E-state index in [9.17, 15) is 0 Å². The molecule has 0 N–H and O–H groups in total. The number of piperidine rings is 1. The zero-order valence-electron chi connectivity index (χ0n) is 13.1. The maximum absolute atomic E-state index is 6.17. The molecule has 0 radical (unpaired) electrons. The highest BCUT2D eigenvalue weighted by Crippen LogP contribution is 2.18. The standard InChI is InChI=1S/C16H33NO/c1-13(2)6-7-15(5)18-16-8-10-17(11-9-16)12-14(3)4/h13-16H,6-12H2,1-5H3/t15-/m0/s1. The predicted octanol–water partition coefficient (Wildman–Crippen LogP) is 3.95. The Morgan fingerprint density at radius 3 is 2.06 bits per heavy atom. The third-order valence-electron chi connectivity index (χ3n) is 3.73. The first-order valence-electron chi connectivity index (χ1n) is 7.85. The van der Waals surface area contributed by atoms with Gasteiger partial charge in [0, 0.05) is 19.6 Å². The van der Waals surface area contributed by atoms with Gasteiger partial charge in [-0.05, 0) is 44.4 Å². The van der Waals surface area contributed by atoms with Crippen LogP contribution in [0.5, 0.6) is 0 Å². The Hall–Kier alpha value is -0.0800. The maximum atomic E-state index is 6.17. The summed E-state index contributed by atoms with van der Waals surface area (Å²) < 4.78 is 6.17. The topological polar surface area (TPSA) is 12.5 Å². The van der Waals surface area contributed by atoms with Gasteiger partial charge in [0.15, 0.2) is 0 Å². The van der Waals surface area contributed by atoms with E-state index in [1.807, 2.05) is 0 Å². The lowest BCUT2D eigenvalue weighted by atomic mass is 10.0. The molecule has 18 heavy (non-hydrogen) atoms. The minimum absolute atomic E-state index is 0.439. The highest BCUT2D eigenvalue weighted by atomic mass is 16.5. The predicted molar refractivity (Wildman–Crippen MR) is 78.9 cm³/mol. The first kappa shape index (κ1) is 16.0. The summed E-state index contributed by atoms with van der Waals surface area (Å²) in [4.78, 5) is 2.59. The van der Waals surface area contributed by atoms with E-state index in [1.54, 1.807) is 0 Å². The third kappa shape index (κ3) is 6.75. The quantitative estimate of drug-likeness (QED) is 0.683. The summed E-state index contributed by atoms with van der Waals surface area (Å²) >= 11 is 0. The van der Waals surface area contributed by atoms with Gasteiger partial charge in [-0.25, -0.2) is 0 Å². The van der Waals surface area contributed by atoms with Crippen LogP contribution in [0.15, 0.2) is 0 Å². The normalized spacial score (nSPS) is 20.8. The van der Waals surface area contributed by atoms with Gasteiger partial charge in [0.05, 0.1) is 12.2 Å². The second kappa shape index (κ2) is 8.16. The molecule has 2 heteroatoms. The van der Waals surface area contributed by atoms with Crippen molar-refractivity contribution < 1.29 is 4.74 Å². The molecule has 0 aromatic rings. The van der Waals surface area contributed by atoms with Crippen molar-refractivity contribution in [3.05, 3.63) is 0 Å². The lowest BCUT2D eigenvalue weighted by Gasteiger charge is -2.34. The number of likely N-dealkylation sites (tertiary alicyclic amines) is 1. The molecule has 0 unspecified atom stereocenters. The fourth-order valence-corrected chi connectivity index (χ4v) is 2.71. The van der Waals surface area contributed by atoms with Gasteiger partial charge >= 0.3 is 0 Å². The molecule has 0 aromatic carbocycles. The van der Waals surface area contributed by atoms with Crippen molar-refractivity contribution in [3.63, 3.8) is 0 Å². The van der Waals surface area contributed by atoms with Gasteiger partial charge in [-0.3, -0.25) is 0 Å². The van der Waals surface area contributed by atoms with Crippen molar-refractivity contribution in [1.29, 1.82) is 0 Å². The van der Waals surface area contributed by atoms with Crippen molar-refractivity contribution in [2.75, 3.05) is 19.6 Å². The van der Waals surface area contributed by atoms with Crippen LogP contribution >= 0.6 is 0 Å². The molecular formula is C16H33NO. The summed E-state index contributed by atoms with van der Waals surface area (Å²) in [5.41, 5.74) is 0. The van der Waals surface area contributed by atoms with E-state index in [0.717, 1.165) is 11.8 Å². The SMILES string of the molecule is CC(C)CC[C@H](C)OC1CCN(CC(C)C)CC1. The minimum Gasteiger partial charge on any atom is -0.375 e. The summed E-state index contributed by atoms with van der Waals surface area (Å²) in [5.74, 6) is 1.58. The number of ether oxygens (including phenoxy) is 1. The summed E-state index contributed by atoms with van der Waals surface area (Å²) in [5, 5.41) is 0. The molecule has 0 saturated carbocycles. The van der Waals surface area contributed by atoms with Crippen LogP contribution in [0.1, 0.15) is 60.3 Å². The van der Waals surface area contributed by atoms with Crippen molar-refractivity contribution in [2.24, 2.45) is 11.8 Å². The summed E-state index contributed by atoms with van der Waals surface area (Å²) in [7, 11) is 0. The molecule has 1 saturated heterocycles. The number of rotatable bonds is 7. The van der Waals surface area contributed by atoms with Crippen LogP contribution in [-0.2, 0) is 4.74 Å². The minimum atomic E-state index is 0.439. The summed E-state index contributed by atoms with van der Waals surface area (Å²) in [6, 6.07) is 0. The van der Waals surface area contributed by atoms with Crippen molar-refractivity contribution in [1.82, 2.24) is 4.90 Å². The lowest BCUT2D eigenvalue weighted by Crippen LogP contribution is -2.39. The fourth-order valence-electron chi connectivity index (χ4n) is 2.71. The molecule has 1 rings (SSSR count). The molecular weight excluding hydrogens is 222 g/mol. The van der Waals surface area contributed by atoms with Crippen LogP contribution in [0.4, 0.5) is 0 Å². The van der Waals surface area contributed by atoms with Crippen molar-refractivity contribution >= 4 is 0 Å². The van der Waals surface area contributed by atoms with E-state index in [1.165, 1.54) is 45.3 Å². The molecule has 1 atom stereocenters. The second-order valence-corrected chi connectivity index (χ2v) is 6.81. The Morgan fingerprint density at radius 2 is 1.56 bits per heavy atom. The molecule has 1 aliphatic rings. The molecule has 2 nitrogen and oxygen atoms in total. The largest absolute Gasteiger partial charge is 0.375 e. The van der Waals surface area contributed by atoms with Crippen LogP contribution in [0.3, 0.4) is 0 Å². The number of hydrogen-bond acceptors (Lipinski definition) is 2. The van der Waals surface area contributed by atoms with Gasteiger partial charge in [-0.15, -0.1) is 0 Å². The van der Waals surface area contributed by atoms with Gasteiger partial charge in [-0.1, -0.05) is 27.7 Å². The average molecular weight is 255 g/mol. The average Bonchev–Trinajstić information content (AvgIpc) is 2.28. The zero-order chi connectivity index (χ0) is 13.5. The van der Waals surface area contributed by atoms with E-state index in [-0.39, 0.29) is 0 Å². The van der Waals surface area contributed by atoms with E-state index in [2.05, 4.69) is 39.5 Å². The molecule has 1 heterocycles. The maximum Gasteiger partial charge on any atom is 0.0603 e. The Morgan fingerprint density at radius 1 is 0.944 bits per heavy atom. The highest BCUT2D eigenvalue weighted by molar-refractivity contribution is 4.74. The number of nitrogens with zero attached hydrogens (tertiary/aromatic N) is 1. The van der Waals surface area contributed by atoms with E-state index in [0.29, 0.717) is 12.2 Å². The molecule has 1 aliphatic heterocycles. The van der Waals surface area contributed by atoms with Crippen LogP contribution in [0.2, 0.25) is 0 Å². The molecule has 0 amide bonds. The van der Waals surface area contributed by atoms with Crippen LogP contribution in [0, 0.1) is 11.8 Å². The Labute approximate surface area is 114 Å². The van der Waals surface area contributed by atoms with Crippen LogP contribution in [-0.4, -0.2) is 36.7 Å². The highest BCUT2D eigenvalue weighted by Gasteiger charge is 2.21. The molecule has 0 aromatic heterocycles. The summed E-state index contributed by atoms with van der Waals surface area (Å²) in [6.45, 7) is 15.1. The van der Waals surface area contributed by atoms with Gasteiger partial charge in [0.1, 0.15) is 0 Å². The Balaban J connectivity index is 2.14. The van der Waals surface area contributed by atoms with Crippen LogP contribution < -0.4 is 0 Å². The number of hydrogen-bond donors (Lipinski definition) is 0. The van der Waals surface area contributed by atoms with Gasteiger partial charge in [0.25, 0.3) is 0 Å². The Kier molecular flexibility index (Phi) is 7.25. The molecule has 0 aliphatic carbocycles. The molecule has 108 valence electrons. The van der Waals surface area contributed by atoms with E-state index >= 15 is 0 Å².